The normalized spacial score (nSPS) is 11.3. The molecule has 0 spiro atoms. The molecule has 0 aliphatic heterocycles. The van der Waals surface area contributed by atoms with Gasteiger partial charge in [0, 0.05) is 5.39 Å². The van der Waals surface area contributed by atoms with Gasteiger partial charge in [-0.25, -0.2) is 4.98 Å². The zero-order valence-corrected chi connectivity index (χ0v) is 9.14. The Morgan fingerprint density at radius 3 is 2.87 bits per heavy atom. The van der Waals surface area contributed by atoms with Crippen LogP contribution in [0.25, 0.3) is 21.0 Å². The molecule has 2 aromatic carbocycles. The van der Waals surface area contributed by atoms with Crippen LogP contribution in [0, 0.1) is 6.92 Å². The minimum Gasteiger partial charge on any atom is -0.375 e. The molecule has 1 heterocycles. The SMILES string of the molecule is Cc1ccc2ccc3sc(N)nc3c2c1. The van der Waals surface area contributed by atoms with Gasteiger partial charge in [0.1, 0.15) is 0 Å². The first-order valence-electron chi connectivity index (χ1n) is 4.79. The Balaban J connectivity index is 2.56. The topological polar surface area (TPSA) is 38.9 Å². The van der Waals surface area contributed by atoms with Crippen molar-refractivity contribution in [3.8, 4) is 0 Å². The number of rotatable bonds is 0. The third kappa shape index (κ3) is 1.27. The first kappa shape index (κ1) is 8.68. The van der Waals surface area contributed by atoms with Gasteiger partial charge < -0.3 is 5.73 Å². The summed E-state index contributed by atoms with van der Waals surface area (Å²) in [7, 11) is 0. The van der Waals surface area contributed by atoms with Crippen LogP contribution in [-0.4, -0.2) is 4.98 Å². The molecule has 0 aliphatic carbocycles. The van der Waals surface area contributed by atoms with E-state index in [1.807, 2.05) is 0 Å². The molecular formula is C12H10N2S. The molecule has 3 rings (SSSR count). The molecule has 0 saturated heterocycles. The number of aryl methyl sites for hydroxylation is 1. The summed E-state index contributed by atoms with van der Waals surface area (Å²) in [4.78, 5) is 4.38. The Bertz CT molecular complexity index is 655. The van der Waals surface area contributed by atoms with Crippen LogP contribution in [-0.2, 0) is 0 Å². The molecule has 1 aromatic heterocycles. The van der Waals surface area contributed by atoms with E-state index in [0.29, 0.717) is 5.13 Å². The second-order valence-corrected chi connectivity index (χ2v) is 4.75. The molecule has 0 fully saturated rings. The van der Waals surface area contributed by atoms with E-state index >= 15 is 0 Å². The van der Waals surface area contributed by atoms with E-state index in [1.54, 1.807) is 0 Å². The van der Waals surface area contributed by atoms with Crippen molar-refractivity contribution in [2.75, 3.05) is 5.73 Å². The first-order chi connectivity index (χ1) is 7.24. The Hall–Kier alpha value is -1.61. The molecule has 15 heavy (non-hydrogen) atoms. The largest absolute Gasteiger partial charge is 0.375 e. The van der Waals surface area contributed by atoms with Crippen molar-refractivity contribution in [2.24, 2.45) is 0 Å². The van der Waals surface area contributed by atoms with Crippen molar-refractivity contribution in [1.29, 1.82) is 0 Å². The summed E-state index contributed by atoms with van der Waals surface area (Å²) in [5.41, 5.74) is 8.01. The maximum atomic E-state index is 5.73. The lowest BCUT2D eigenvalue weighted by molar-refractivity contribution is 1.48. The Kier molecular flexibility index (Phi) is 1.70. The van der Waals surface area contributed by atoms with Gasteiger partial charge in [0.25, 0.3) is 0 Å². The van der Waals surface area contributed by atoms with Crippen LogP contribution in [0.15, 0.2) is 30.3 Å². The van der Waals surface area contributed by atoms with E-state index in [9.17, 15) is 0 Å². The highest BCUT2D eigenvalue weighted by atomic mass is 32.1. The average molecular weight is 214 g/mol. The van der Waals surface area contributed by atoms with Crippen LogP contribution in [0.4, 0.5) is 5.13 Å². The smallest absolute Gasteiger partial charge is 0.181 e. The molecule has 3 aromatic rings. The summed E-state index contributed by atoms with van der Waals surface area (Å²) in [5.74, 6) is 0. The van der Waals surface area contributed by atoms with Crippen LogP contribution >= 0.6 is 11.3 Å². The van der Waals surface area contributed by atoms with Crippen LogP contribution in [0.3, 0.4) is 0 Å². The summed E-state index contributed by atoms with van der Waals surface area (Å²) in [6.45, 7) is 2.09. The maximum Gasteiger partial charge on any atom is 0.181 e. The van der Waals surface area contributed by atoms with Gasteiger partial charge in [0.05, 0.1) is 10.2 Å². The highest BCUT2D eigenvalue weighted by Crippen LogP contribution is 2.30. The number of hydrogen-bond donors (Lipinski definition) is 1. The highest BCUT2D eigenvalue weighted by Gasteiger charge is 2.05. The number of anilines is 1. The number of fused-ring (bicyclic) bond motifs is 3. The molecule has 0 bridgehead atoms. The Morgan fingerprint density at radius 1 is 1.20 bits per heavy atom. The molecule has 0 saturated carbocycles. The fraction of sp³-hybridized carbons (Fsp3) is 0.0833. The van der Waals surface area contributed by atoms with Crippen molar-refractivity contribution in [3.63, 3.8) is 0 Å². The van der Waals surface area contributed by atoms with Crippen LogP contribution in [0.5, 0.6) is 0 Å². The van der Waals surface area contributed by atoms with Gasteiger partial charge in [-0.3, -0.25) is 0 Å². The highest BCUT2D eigenvalue weighted by molar-refractivity contribution is 7.22. The number of hydrogen-bond acceptors (Lipinski definition) is 3. The summed E-state index contributed by atoms with van der Waals surface area (Å²) in [6.07, 6.45) is 0. The molecule has 2 nitrogen and oxygen atoms in total. The van der Waals surface area contributed by atoms with Gasteiger partial charge in [-0.1, -0.05) is 35.1 Å². The third-order valence-corrected chi connectivity index (χ3v) is 3.40. The standard InChI is InChI=1S/C12H10N2S/c1-7-2-3-8-4-5-10-11(9(8)6-7)14-12(13)15-10/h2-6H,1H3,(H2,13,14). The average Bonchev–Trinajstić information content (AvgIpc) is 2.58. The number of nitrogen functional groups attached to an aromatic ring is 1. The van der Waals surface area contributed by atoms with Crippen molar-refractivity contribution >= 4 is 37.5 Å². The molecule has 3 heteroatoms. The lowest BCUT2D eigenvalue weighted by Crippen LogP contribution is -1.81. The predicted molar refractivity (Wildman–Crippen MR) is 66.3 cm³/mol. The van der Waals surface area contributed by atoms with E-state index in [4.69, 9.17) is 5.73 Å². The van der Waals surface area contributed by atoms with Crippen molar-refractivity contribution < 1.29 is 0 Å². The molecule has 2 N–H and O–H groups in total. The van der Waals surface area contributed by atoms with Gasteiger partial charge in [0.15, 0.2) is 5.13 Å². The summed E-state index contributed by atoms with van der Waals surface area (Å²) in [6, 6.07) is 10.6. The van der Waals surface area contributed by atoms with E-state index in [-0.39, 0.29) is 0 Å². The Morgan fingerprint density at radius 2 is 2.00 bits per heavy atom. The quantitative estimate of drug-likeness (QED) is 0.623. The maximum absolute atomic E-state index is 5.73. The number of thiazole rings is 1. The second kappa shape index (κ2) is 2.94. The number of nitrogens with two attached hydrogens (primary N) is 1. The number of nitrogens with zero attached hydrogens (tertiary/aromatic N) is 1. The zero-order valence-electron chi connectivity index (χ0n) is 8.32. The summed E-state index contributed by atoms with van der Waals surface area (Å²) >= 11 is 1.54. The van der Waals surface area contributed by atoms with E-state index in [0.717, 1.165) is 10.2 Å². The van der Waals surface area contributed by atoms with E-state index in [1.165, 1.54) is 27.7 Å². The minimum absolute atomic E-state index is 0.638. The summed E-state index contributed by atoms with van der Waals surface area (Å²) < 4.78 is 1.16. The van der Waals surface area contributed by atoms with E-state index in [2.05, 4.69) is 42.2 Å². The number of benzene rings is 2. The number of aromatic nitrogens is 1. The summed E-state index contributed by atoms with van der Waals surface area (Å²) in [5, 5.41) is 3.05. The van der Waals surface area contributed by atoms with Crippen molar-refractivity contribution in [2.45, 2.75) is 6.92 Å². The van der Waals surface area contributed by atoms with Crippen LogP contribution < -0.4 is 5.73 Å². The molecule has 74 valence electrons. The van der Waals surface area contributed by atoms with Crippen molar-refractivity contribution in [1.82, 2.24) is 4.98 Å². The second-order valence-electron chi connectivity index (χ2n) is 3.69. The monoisotopic (exact) mass is 214 g/mol. The van der Waals surface area contributed by atoms with Gasteiger partial charge in [-0.05, 0) is 24.4 Å². The Labute approximate surface area is 91.4 Å². The molecule has 0 aliphatic rings. The first-order valence-corrected chi connectivity index (χ1v) is 5.61. The fourth-order valence-corrected chi connectivity index (χ4v) is 2.59. The zero-order chi connectivity index (χ0) is 10.4. The molecule has 0 radical (unpaired) electrons. The fourth-order valence-electron chi connectivity index (χ4n) is 1.84. The van der Waals surface area contributed by atoms with Gasteiger partial charge in [0.2, 0.25) is 0 Å². The predicted octanol–water partition coefficient (Wildman–Crippen LogP) is 3.34. The molecule has 0 amide bonds. The molecule has 0 atom stereocenters. The van der Waals surface area contributed by atoms with Crippen LogP contribution in [0.1, 0.15) is 5.56 Å². The van der Waals surface area contributed by atoms with Crippen LogP contribution in [0.2, 0.25) is 0 Å². The van der Waals surface area contributed by atoms with Gasteiger partial charge >= 0.3 is 0 Å². The van der Waals surface area contributed by atoms with E-state index < -0.39 is 0 Å². The lowest BCUT2D eigenvalue weighted by Gasteiger charge is -1.99. The lowest BCUT2D eigenvalue weighted by atomic mass is 10.1. The minimum atomic E-state index is 0.638. The molecular weight excluding hydrogens is 204 g/mol. The molecule has 0 unspecified atom stereocenters. The third-order valence-electron chi connectivity index (χ3n) is 2.55. The van der Waals surface area contributed by atoms with Gasteiger partial charge in [-0.2, -0.15) is 0 Å². The van der Waals surface area contributed by atoms with Crippen molar-refractivity contribution in [3.05, 3.63) is 35.9 Å². The van der Waals surface area contributed by atoms with Gasteiger partial charge in [-0.15, -0.1) is 0 Å².